The second kappa shape index (κ2) is 4.99. The number of carbonyl (C=O) groups excluding carboxylic acids is 1. The maximum Gasteiger partial charge on any atom is 0.170 e. The van der Waals surface area contributed by atoms with Crippen LogP contribution in [0, 0.1) is 5.92 Å². The average molecular weight is 327 g/mol. The molecule has 0 bridgehead atoms. The van der Waals surface area contributed by atoms with Crippen LogP contribution in [-0.4, -0.2) is 5.78 Å². The molecule has 0 saturated heterocycles. The van der Waals surface area contributed by atoms with Crippen molar-refractivity contribution in [3.63, 3.8) is 0 Å². The number of halogens is 1. The maximum atomic E-state index is 11.7. The van der Waals surface area contributed by atoms with Gasteiger partial charge in [0.15, 0.2) is 5.78 Å². The Kier molecular flexibility index (Phi) is 3.63. The lowest BCUT2D eigenvalue weighted by atomic mass is 9.93. The Morgan fingerprint density at radius 1 is 1.25 bits per heavy atom. The van der Waals surface area contributed by atoms with Gasteiger partial charge in [0.25, 0.3) is 0 Å². The molecule has 0 spiro atoms. The van der Waals surface area contributed by atoms with Gasteiger partial charge in [-0.3, -0.25) is 4.79 Å². The van der Waals surface area contributed by atoms with E-state index in [4.69, 9.17) is 0 Å². The Morgan fingerprint density at radius 2 is 1.94 bits per heavy atom. The predicted molar refractivity (Wildman–Crippen MR) is 74.5 cm³/mol. The van der Waals surface area contributed by atoms with E-state index in [-0.39, 0.29) is 5.78 Å². The largest absolute Gasteiger partial charge is 0.358 e. The second-order valence-corrected chi connectivity index (χ2v) is 5.30. The van der Waals surface area contributed by atoms with E-state index in [0.29, 0.717) is 12.3 Å². The van der Waals surface area contributed by atoms with E-state index in [2.05, 4.69) is 34.8 Å². The van der Waals surface area contributed by atoms with Gasteiger partial charge in [0, 0.05) is 17.8 Å². The summed E-state index contributed by atoms with van der Waals surface area (Å²) in [4.78, 5) is 11.7. The molecule has 0 aromatic heterocycles. The number of hydrogen-bond acceptors (Lipinski definition) is 2. The van der Waals surface area contributed by atoms with E-state index in [9.17, 15) is 4.79 Å². The molecule has 2 nitrogen and oxygen atoms in total. The summed E-state index contributed by atoms with van der Waals surface area (Å²) in [6.45, 7) is 2.12. The third kappa shape index (κ3) is 2.64. The average Bonchev–Trinajstić information content (AvgIpc) is 2.27. The van der Waals surface area contributed by atoms with Gasteiger partial charge in [-0.05, 0) is 47.1 Å². The number of carbonyl (C=O) groups is 1. The highest BCUT2D eigenvalue weighted by Gasteiger charge is 2.23. The van der Waals surface area contributed by atoms with Crippen LogP contribution in [0.1, 0.15) is 19.8 Å². The molecule has 1 aromatic carbocycles. The van der Waals surface area contributed by atoms with Crippen molar-refractivity contribution >= 4 is 34.1 Å². The Morgan fingerprint density at radius 3 is 2.62 bits per heavy atom. The zero-order chi connectivity index (χ0) is 11.5. The van der Waals surface area contributed by atoms with E-state index >= 15 is 0 Å². The van der Waals surface area contributed by atoms with Gasteiger partial charge >= 0.3 is 0 Å². The number of ketones is 1. The zero-order valence-electron chi connectivity index (χ0n) is 9.16. The second-order valence-electron chi connectivity index (χ2n) is 4.22. The molecule has 0 amide bonds. The van der Waals surface area contributed by atoms with Crippen LogP contribution < -0.4 is 5.32 Å². The Balaban J connectivity index is 2.20. The van der Waals surface area contributed by atoms with Gasteiger partial charge < -0.3 is 5.32 Å². The monoisotopic (exact) mass is 327 g/mol. The number of nitrogens with one attached hydrogen (secondary N) is 1. The van der Waals surface area contributed by atoms with Crippen LogP contribution in [0.5, 0.6) is 0 Å². The fourth-order valence-corrected chi connectivity index (χ4v) is 2.46. The summed E-state index contributed by atoms with van der Waals surface area (Å²) in [6.07, 6.45) is 1.64. The molecule has 0 saturated carbocycles. The predicted octanol–water partition coefficient (Wildman–Crippen LogP) is 3.74. The first-order valence-electron chi connectivity index (χ1n) is 5.40. The summed E-state index contributed by atoms with van der Waals surface area (Å²) in [5.74, 6) is 0.704. The summed E-state index contributed by atoms with van der Waals surface area (Å²) in [6, 6.07) is 9.99. The number of hydrogen-bond donors (Lipinski definition) is 1. The molecule has 1 unspecified atom stereocenters. The first-order valence-corrected chi connectivity index (χ1v) is 6.48. The van der Waals surface area contributed by atoms with Crippen LogP contribution in [0.4, 0.5) is 5.69 Å². The molecule has 84 valence electrons. The highest BCUT2D eigenvalue weighted by atomic mass is 127. The number of Topliss-reactive ketones (excluding diaryl/α,β-unsaturated/α-hetero) is 1. The number of benzene rings is 1. The van der Waals surface area contributed by atoms with E-state index in [1.54, 1.807) is 0 Å². The van der Waals surface area contributed by atoms with Gasteiger partial charge in [-0.25, -0.2) is 0 Å². The van der Waals surface area contributed by atoms with Crippen LogP contribution in [0.25, 0.3) is 0 Å². The van der Waals surface area contributed by atoms with E-state index < -0.39 is 0 Å². The number of anilines is 1. The SMILES string of the molecule is CC1CC(=O)C(I)=C(Nc2ccccc2)C1. The van der Waals surface area contributed by atoms with Crippen molar-refractivity contribution < 1.29 is 4.79 Å². The number of rotatable bonds is 2. The van der Waals surface area contributed by atoms with Crippen LogP contribution >= 0.6 is 22.6 Å². The summed E-state index contributed by atoms with van der Waals surface area (Å²) in [5, 5.41) is 3.34. The Hall–Kier alpha value is -0.840. The quantitative estimate of drug-likeness (QED) is 0.839. The third-order valence-corrected chi connectivity index (χ3v) is 3.92. The molecule has 1 aliphatic rings. The van der Waals surface area contributed by atoms with Gasteiger partial charge in [0.1, 0.15) is 0 Å². The molecule has 3 heteroatoms. The molecule has 2 rings (SSSR count). The Bertz CT molecular complexity index is 425. The van der Waals surface area contributed by atoms with E-state index in [0.717, 1.165) is 21.4 Å². The Labute approximate surface area is 109 Å². The normalized spacial score (nSPS) is 21.1. The fraction of sp³-hybridized carbons (Fsp3) is 0.308. The van der Waals surface area contributed by atoms with E-state index in [1.165, 1.54) is 0 Å². The molecule has 0 aliphatic heterocycles. The van der Waals surface area contributed by atoms with Crippen molar-refractivity contribution in [1.82, 2.24) is 0 Å². The van der Waals surface area contributed by atoms with Gasteiger partial charge in [-0.2, -0.15) is 0 Å². The minimum Gasteiger partial charge on any atom is -0.358 e. The van der Waals surface area contributed by atoms with Crippen LogP contribution in [0.3, 0.4) is 0 Å². The third-order valence-electron chi connectivity index (χ3n) is 2.67. The molecule has 1 N–H and O–H groups in total. The summed E-state index contributed by atoms with van der Waals surface area (Å²) in [7, 11) is 0. The number of allylic oxidation sites excluding steroid dienone is 2. The summed E-state index contributed by atoms with van der Waals surface area (Å²) < 4.78 is 0.861. The van der Waals surface area contributed by atoms with Crippen molar-refractivity contribution in [2.75, 3.05) is 5.32 Å². The van der Waals surface area contributed by atoms with Crippen molar-refractivity contribution in [2.24, 2.45) is 5.92 Å². The molecular weight excluding hydrogens is 313 g/mol. The van der Waals surface area contributed by atoms with Gasteiger partial charge in [-0.15, -0.1) is 0 Å². The lowest BCUT2D eigenvalue weighted by Crippen LogP contribution is -2.18. The molecule has 1 atom stereocenters. The lowest BCUT2D eigenvalue weighted by Gasteiger charge is -2.22. The zero-order valence-corrected chi connectivity index (χ0v) is 11.3. The van der Waals surface area contributed by atoms with Gasteiger partial charge in [-0.1, -0.05) is 25.1 Å². The standard InChI is InChI=1S/C13H14INO/c1-9-7-11(13(14)12(16)8-9)15-10-5-3-2-4-6-10/h2-6,9,15H,7-8H2,1H3. The summed E-state index contributed by atoms with van der Waals surface area (Å²) >= 11 is 2.15. The van der Waals surface area contributed by atoms with Crippen LogP contribution in [-0.2, 0) is 4.79 Å². The molecule has 0 fully saturated rings. The van der Waals surface area contributed by atoms with Crippen molar-refractivity contribution in [3.05, 3.63) is 39.6 Å². The van der Waals surface area contributed by atoms with Gasteiger partial charge in [0.05, 0.1) is 3.58 Å². The van der Waals surface area contributed by atoms with Crippen molar-refractivity contribution in [1.29, 1.82) is 0 Å². The highest BCUT2D eigenvalue weighted by molar-refractivity contribution is 14.1. The summed E-state index contributed by atoms with van der Waals surface area (Å²) in [5.41, 5.74) is 2.11. The van der Waals surface area contributed by atoms with Crippen LogP contribution in [0.2, 0.25) is 0 Å². The van der Waals surface area contributed by atoms with Crippen molar-refractivity contribution in [3.8, 4) is 0 Å². The number of para-hydroxylation sites is 1. The van der Waals surface area contributed by atoms with Gasteiger partial charge in [0.2, 0.25) is 0 Å². The molecule has 1 aromatic rings. The minimum atomic E-state index is 0.262. The molecule has 1 aliphatic carbocycles. The molecule has 0 heterocycles. The molecular formula is C13H14INO. The fourth-order valence-electron chi connectivity index (χ4n) is 1.89. The maximum absolute atomic E-state index is 11.7. The smallest absolute Gasteiger partial charge is 0.170 e. The molecule has 0 radical (unpaired) electrons. The van der Waals surface area contributed by atoms with Crippen molar-refractivity contribution in [2.45, 2.75) is 19.8 Å². The first kappa shape index (κ1) is 11.6. The molecule has 16 heavy (non-hydrogen) atoms. The lowest BCUT2D eigenvalue weighted by molar-refractivity contribution is -0.115. The minimum absolute atomic E-state index is 0.262. The topological polar surface area (TPSA) is 29.1 Å². The van der Waals surface area contributed by atoms with E-state index in [1.807, 2.05) is 30.3 Å². The first-order chi connectivity index (χ1) is 7.66. The highest BCUT2D eigenvalue weighted by Crippen LogP contribution is 2.31. The van der Waals surface area contributed by atoms with Crippen LogP contribution in [0.15, 0.2) is 39.6 Å².